The lowest BCUT2D eigenvalue weighted by Crippen LogP contribution is -2.27. The molecule has 4 heteroatoms. The summed E-state index contributed by atoms with van der Waals surface area (Å²) in [5, 5.41) is 12.2. The molecule has 18 heavy (non-hydrogen) atoms. The van der Waals surface area contributed by atoms with E-state index in [9.17, 15) is 9.50 Å². The summed E-state index contributed by atoms with van der Waals surface area (Å²) in [4.78, 5) is 3.91. The van der Waals surface area contributed by atoms with Crippen molar-refractivity contribution in [1.82, 2.24) is 4.98 Å². The number of halogens is 1. The highest BCUT2D eigenvalue weighted by molar-refractivity contribution is 5.37. The second kappa shape index (κ2) is 6.12. The van der Waals surface area contributed by atoms with Gasteiger partial charge in [0.2, 0.25) is 0 Å². The van der Waals surface area contributed by atoms with E-state index in [4.69, 9.17) is 0 Å². The van der Waals surface area contributed by atoms with Crippen LogP contribution in [0.15, 0.2) is 48.7 Å². The van der Waals surface area contributed by atoms with Gasteiger partial charge in [0.15, 0.2) is 11.6 Å². The van der Waals surface area contributed by atoms with Crippen LogP contribution >= 0.6 is 0 Å². The first-order valence-electron chi connectivity index (χ1n) is 5.81. The number of rotatable bonds is 5. The van der Waals surface area contributed by atoms with Crippen LogP contribution in [0.5, 0.6) is 0 Å². The van der Waals surface area contributed by atoms with E-state index in [-0.39, 0.29) is 18.5 Å². The molecule has 2 N–H and O–H groups in total. The van der Waals surface area contributed by atoms with Gasteiger partial charge in [0.25, 0.3) is 0 Å². The van der Waals surface area contributed by atoms with Gasteiger partial charge in [-0.15, -0.1) is 0 Å². The van der Waals surface area contributed by atoms with Gasteiger partial charge in [-0.1, -0.05) is 30.3 Å². The number of nitrogens with one attached hydrogen (secondary N) is 1. The van der Waals surface area contributed by atoms with Crippen molar-refractivity contribution in [2.75, 3.05) is 11.9 Å². The number of aromatic nitrogens is 1. The molecule has 0 saturated heterocycles. The van der Waals surface area contributed by atoms with Crippen LogP contribution in [0.2, 0.25) is 0 Å². The van der Waals surface area contributed by atoms with Crippen molar-refractivity contribution in [1.29, 1.82) is 0 Å². The molecule has 3 nitrogen and oxygen atoms in total. The van der Waals surface area contributed by atoms with Crippen LogP contribution in [0.3, 0.4) is 0 Å². The molecule has 0 amide bonds. The maximum absolute atomic E-state index is 13.4. The average molecular weight is 246 g/mol. The van der Waals surface area contributed by atoms with Crippen molar-refractivity contribution >= 4 is 5.82 Å². The van der Waals surface area contributed by atoms with Crippen LogP contribution in [0, 0.1) is 5.82 Å². The van der Waals surface area contributed by atoms with E-state index in [1.807, 2.05) is 30.3 Å². The second-order valence-corrected chi connectivity index (χ2v) is 4.05. The maximum Gasteiger partial charge on any atom is 0.165 e. The minimum atomic E-state index is -0.413. The first-order chi connectivity index (χ1) is 8.79. The molecule has 0 aliphatic carbocycles. The van der Waals surface area contributed by atoms with Crippen molar-refractivity contribution in [3.8, 4) is 0 Å². The highest BCUT2D eigenvalue weighted by Gasteiger charge is 2.11. The molecule has 0 saturated carbocycles. The fourth-order valence-electron chi connectivity index (χ4n) is 1.75. The van der Waals surface area contributed by atoms with E-state index in [0.29, 0.717) is 6.42 Å². The molecule has 0 bridgehead atoms. The van der Waals surface area contributed by atoms with Gasteiger partial charge in [-0.2, -0.15) is 0 Å². The first-order valence-corrected chi connectivity index (χ1v) is 5.81. The molecule has 1 aromatic carbocycles. The van der Waals surface area contributed by atoms with Crippen LogP contribution in [-0.2, 0) is 6.42 Å². The quantitative estimate of drug-likeness (QED) is 0.850. The first kappa shape index (κ1) is 12.5. The Balaban J connectivity index is 2.04. The van der Waals surface area contributed by atoms with Crippen LogP contribution in [0.25, 0.3) is 0 Å². The molecule has 2 rings (SSSR count). The van der Waals surface area contributed by atoms with Crippen molar-refractivity contribution < 1.29 is 9.50 Å². The Morgan fingerprint density at radius 2 is 1.94 bits per heavy atom. The van der Waals surface area contributed by atoms with Gasteiger partial charge in [0.05, 0.1) is 12.6 Å². The number of hydrogen-bond acceptors (Lipinski definition) is 3. The van der Waals surface area contributed by atoms with Gasteiger partial charge >= 0.3 is 0 Å². The van der Waals surface area contributed by atoms with Gasteiger partial charge in [-0.3, -0.25) is 0 Å². The van der Waals surface area contributed by atoms with Gasteiger partial charge in [0.1, 0.15) is 0 Å². The summed E-state index contributed by atoms with van der Waals surface area (Å²) < 4.78 is 13.4. The van der Waals surface area contributed by atoms with Crippen LogP contribution in [0.4, 0.5) is 10.2 Å². The lowest BCUT2D eigenvalue weighted by Gasteiger charge is -2.17. The van der Waals surface area contributed by atoms with E-state index in [1.165, 1.54) is 18.3 Å². The minimum absolute atomic E-state index is 0.0785. The number of anilines is 1. The fraction of sp³-hybridized carbons (Fsp3) is 0.214. The summed E-state index contributed by atoms with van der Waals surface area (Å²) >= 11 is 0. The Bertz CT molecular complexity index is 490. The molecule has 0 radical (unpaired) electrons. The van der Waals surface area contributed by atoms with Crippen molar-refractivity contribution in [3.05, 3.63) is 60.0 Å². The van der Waals surface area contributed by atoms with Gasteiger partial charge in [-0.25, -0.2) is 9.37 Å². The number of pyridine rings is 1. The summed E-state index contributed by atoms with van der Waals surface area (Å²) in [5.74, 6) is -0.239. The molecule has 94 valence electrons. The highest BCUT2D eigenvalue weighted by atomic mass is 19.1. The third-order valence-electron chi connectivity index (χ3n) is 2.64. The SMILES string of the molecule is OCC(Cc1ccccc1)Nc1ncccc1F. The molecule has 2 aromatic rings. The Labute approximate surface area is 105 Å². The lowest BCUT2D eigenvalue weighted by molar-refractivity contribution is 0.273. The Hall–Kier alpha value is -1.94. The van der Waals surface area contributed by atoms with Crippen molar-refractivity contribution in [2.24, 2.45) is 0 Å². The minimum Gasteiger partial charge on any atom is -0.394 e. The summed E-state index contributed by atoms with van der Waals surface area (Å²) in [7, 11) is 0. The Morgan fingerprint density at radius 3 is 2.61 bits per heavy atom. The fourth-order valence-corrected chi connectivity index (χ4v) is 1.75. The van der Waals surface area contributed by atoms with E-state index in [2.05, 4.69) is 10.3 Å². The monoisotopic (exact) mass is 246 g/mol. The lowest BCUT2D eigenvalue weighted by atomic mass is 10.1. The summed E-state index contributed by atoms with van der Waals surface area (Å²) in [6.45, 7) is -0.0785. The molecule has 1 atom stereocenters. The van der Waals surface area contributed by atoms with Crippen LogP contribution in [-0.4, -0.2) is 22.7 Å². The summed E-state index contributed by atoms with van der Waals surface area (Å²) in [6, 6.07) is 12.4. The van der Waals surface area contributed by atoms with Gasteiger partial charge in [0, 0.05) is 6.20 Å². The molecule has 1 unspecified atom stereocenters. The third kappa shape index (κ3) is 3.28. The van der Waals surface area contributed by atoms with E-state index >= 15 is 0 Å². The molecule has 0 aliphatic heterocycles. The zero-order valence-electron chi connectivity index (χ0n) is 9.88. The number of hydrogen-bond donors (Lipinski definition) is 2. The highest BCUT2D eigenvalue weighted by Crippen LogP contribution is 2.12. The molecule has 0 fully saturated rings. The van der Waals surface area contributed by atoms with Crippen LogP contribution in [0.1, 0.15) is 5.56 Å². The standard InChI is InChI=1S/C14H15FN2O/c15-13-7-4-8-16-14(13)17-12(10-18)9-11-5-2-1-3-6-11/h1-8,12,18H,9-10H2,(H,16,17). The molecule has 0 aliphatic rings. The molecule has 1 aromatic heterocycles. The molecule has 0 spiro atoms. The Kier molecular flexibility index (Phi) is 4.25. The molecular weight excluding hydrogens is 231 g/mol. The largest absolute Gasteiger partial charge is 0.394 e. The van der Waals surface area contributed by atoms with Crippen LogP contribution < -0.4 is 5.32 Å². The third-order valence-corrected chi connectivity index (χ3v) is 2.64. The average Bonchev–Trinajstić information content (AvgIpc) is 2.41. The summed E-state index contributed by atoms with van der Waals surface area (Å²) in [5.41, 5.74) is 1.08. The number of aliphatic hydroxyl groups is 1. The van der Waals surface area contributed by atoms with Gasteiger partial charge < -0.3 is 10.4 Å². The number of benzene rings is 1. The maximum atomic E-state index is 13.4. The predicted octanol–water partition coefficient (Wildman–Crippen LogP) is 2.24. The number of aliphatic hydroxyl groups excluding tert-OH is 1. The zero-order valence-corrected chi connectivity index (χ0v) is 9.88. The molecule has 1 heterocycles. The van der Waals surface area contributed by atoms with E-state index in [1.54, 1.807) is 0 Å². The number of nitrogens with zero attached hydrogens (tertiary/aromatic N) is 1. The van der Waals surface area contributed by atoms with Crippen molar-refractivity contribution in [2.45, 2.75) is 12.5 Å². The summed E-state index contributed by atoms with van der Waals surface area (Å²) in [6.07, 6.45) is 2.13. The zero-order chi connectivity index (χ0) is 12.8. The predicted molar refractivity (Wildman–Crippen MR) is 68.8 cm³/mol. The normalized spacial score (nSPS) is 12.1. The van der Waals surface area contributed by atoms with E-state index in [0.717, 1.165) is 5.56 Å². The molecular formula is C14H15FN2O. The van der Waals surface area contributed by atoms with Crippen molar-refractivity contribution in [3.63, 3.8) is 0 Å². The topological polar surface area (TPSA) is 45.1 Å². The van der Waals surface area contributed by atoms with E-state index < -0.39 is 5.82 Å². The Morgan fingerprint density at radius 1 is 1.17 bits per heavy atom. The smallest absolute Gasteiger partial charge is 0.165 e. The second-order valence-electron chi connectivity index (χ2n) is 4.05. The van der Waals surface area contributed by atoms with Gasteiger partial charge in [-0.05, 0) is 24.1 Å².